The summed E-state index contributed by atoms with van der Waals surface area (Å²) in [5.41, 5.74) is 4.90. The van der Waals surface area contributed by atoms with Crippen molar-refractivity contribution in [3.05, 3.63) is 71.9 Å². The average molecular weight is 526 g/mol. The number of amides is 2. The summed E-state index contributed by atoms with van der Waals surface area (Å²) in [6.45, 7) is 4.05. The second-order valence-corrected chi connectivity index (χ2v) is 10.3. The van der Waals surface area contributed by atoms with E-state index in [0.717, 1.165) is 80.6 Å². The number of aromatic nitrogens is 4. The normalized spacial score (nSPS) is 16.6. The van der Waals surface area contributed by atoms with Gasteiger partial charge in [-0.15, -0.1) is 0 Å². The number of hydrogen-bond donors (Lipinski definition) is 3. The molecular weight excluding hydrogens is 494 g/mol. The molecule has 39 heavy (non-hydrogen) atoms. The minimum atomic E-state index is -0.363. The first-order valence-corrected chi connectivity index (χ1v) is 13.4. The molecule has 2 fully saturated rings. The molecule has 0 spiro atoms. The van der Waals surface area contributed by atoms with Crippen molar-refractivity contribution in [2.75, 3.05) is 31.5 Å². The minimum Gasteiger partial charge on any atom is -0.393 e. The maximum absolute atomic E-state index is 13.1. The van der Waals surface area contributed by atoms with Crippen molar-refractivity contribution < 1.29 is 14.7 Å². The van der Waals surface area contributed by atoms with Crippen LogP contribution >= 0.6 is 0 Å². The van der Waals surface area contributed by atoms with Crippen LogP contribution in [0, 0.1) is 0 Å². The van der Waals surface area contributed by atoms with Crippen LogP contribution < -0.4 is 5.32 Å². The lowest BCUT2D eigenvalue weighted by Gasteiger charge is -2.29. The smallest absolute Gasteiger partial charge is 0.276 e. The first kappa shape index (κ1) is 25.1. The van der Waals surface area contributed by atoms with E-state index in [1.54, 1.807) is 17.0 Å². The van der Waals surface area contributed by atoms with Gasteiger partial charge in [0.1, 0.15) is 5.69 Å². The van der Waals surface area contributed by atoms with E-state index in [9.17, 15) is 14.7 Å². The molecule has 0 radical (unpaired) electrons. The van der Waals surface area contributed by atoms with E-state index < -0.39 is 0 Å². The fraction of sp³-hybridized carbons (Fsp3) is 0.345. The largest absolute Gasteiger partial charge is 0.393 e. The molecule has 10 nitrogen and oxygen atoms in total. The van der Waals surface area contributed by atoms with Crippen molar-refractivity contribution in [2.45, 2.75) is 38.3 Å². The highest BCUT2D eigenvalue weighted by atomic mass is 16.3. The van der Waals surface area contributed by atoms with E-state index in [-0.39, 0.29) is 23.6 Å². The van der Waals surface area contributed by atoms with Crippen LogP contribution in [-0.2, 0) is 6.54 Å². The third kappa shape index (κ3) is 5.52. The van der Waals surface area contributed by atoms with Gasteiger partial charge >= 0.3 is 0 Å². The van der Waals surface area contributed by atoms with Gasteiger partial charge in [-0.2, -0.15) is 5.10 Å². The number of nitrogens with one attached hydrogen (secondary N) is 2. The summed E-state index contributed by atoms with van der Waals surface area (Å²) in [6.07, 6.45) is 8.64. The Balaban J connectivity index is 1.17. The van der Waals surface area contributed by atoms with Crippen LogP contribution in [0.4, 0.5) is 5.69 Å². The Labute approximate surface area is 226 Å². The van der Waals surface area contributed by atoms with Crippen molar-refractivity contribution in [3.8, 4) is 11.1 Å². The molecule has 0 atom stereocenters. The number of H-pyrrole nitrogens is 1. The first-order chi connectivity index (χ1) is 19.0. The molecule has 2 aliphatic rings. The van der Waals surface area contributed by atoms with Gasteiger partial charge in [0.25, 0.3) is 11.8 Å². The first-order valence-electron chi connectivity index (χ1n) is 13.4. The number of nitrogens with zero attached hydrogens (tertiary/aromatic N) is 5. The molecule has 3 aromatic heterocycles. The summed E-state index contributed by atoms with van der Waals surface area (Å²) in [7, 11) is 0. The fourth-order valence-electron chi connectivity index (χ4n) is 5.30. The Morgan fingerprint density at radius 2 is 1.79 bits per heavy atom. The molecule has 200 valence electrons. The maximum atomic E-state index is 13.1. The Kier molecular flexibility index (Phi) is 7.04. The number of likely N-dealkylation sites (tertiary alicyclic amines) is 2. The topological polar surface area (TPSA) is 127 Å². The molecule has 2 amide bonds. The van der Waals surface area contributed by atoms with Gasteiger partial charge in [0.05, 0.1) is 23.5 Å². The zero-order chi connectivity index (χ0) is 26.8. The van der Waals surface area contributed by atoms with Crippen molar-refractivity contribution in [1.82, 2.24) is 30.0 Å². The molecule has 5 heterocycles. The Bertz CT molecular complexity index is 1490. The van der Waals surface area contributed by atoms with Gasteiger partial charge in [-0.3, -0.25) is 24.6 Å². The Morgan fingerprint density at radius 1 is 0.974 bits per heavy atom. The zero-order valence-corrected chi connectivity index (χ0v) is 21.6. The molecular formula is C29H31N7O3. The maximum Gasteiger partial charge on any atom is 0.276 e. The average Bonchev–Trinajstić information content (AvgIpc) is 3.65. The molecule has 10 heteroatoms. The molecule has 2 saturated heterocycles. The summed E-state index contributed by atoms with van der Waals surface area (Å²) in [5.74, 6) is -0.442. The molecule has 0 saturated carbocycles. The summed E-state index contributed by atoms with van der Waals surface area (Å²) in [6, 6.07) is 11.3. The number of carbonyl (C=O) groups excluding carboxylic acids is 2. The SMILES string of the molecule is O=C(Nc1ccc(C(=O)N2CCCC2)nc1)c1n[nH]c2ccc(-c3cncc(CN4CCC(O)CC4)c3)cc12. The van der Waals surface area contributed by atoms with E-state index in [4.69, 9.17) is 0 Å². The van der Waals surface area contributed by atoms with Crippen molar-refractivity contribution in [1.29, 1.82) is 0 Å². The highest BCUT2D eigenvalue weighted by Crippen LogP contribution is 2.27. The number of piperidine rings is 1. The second-order valence-electron chi connectivity index (χ2n) is 10.3. The zero-order valence-electron chi connectivity index (χ0n) is 21.6. The standard InChI is InChI=1S/C29H31N7O3/c37-23-7-11-35(12-8-23)18-19-13-21(16-30-15-19)20-3-5-25-24(14-20)27(34-33-25)28(38)32-22-4-6-26(31-17-22)29(39)36-9-1-2-10-36/h3-6,13-17,23,37H,1-2,7-12,18H2,(H,32,38)(H,33,34). The molecule has 1 aromatic carbocycles. The van der Waals surface area contributed by atoms with Gasteiger partial charge < -0.3 is 15.3 Å². The number of fused-ring (bicyclic) bond motifs is 1. The van der Waals surface area contributed by atoms with Crippen LogP contribution in [0.3, 0.4) is 0 Å². The Hall–Kier alpha value is -4.15. The van der Waals surface area contributed by atoms with Gasteiger partial charge in [0.2, 0.25) is 0 Å². The van der Waals surface area contributed by atoms with Gasteiger partial charge in [-0.1, -0.05) is 6.07 Å². The molecule has 0 bridgehead atoms. The van der Waals surface area contributed by atoms with E-state index in [2.05, 4.69) is 36.4 Å². The van der Waals surface area contributed by atoms with Crippen LogP contribution in [0.5, 0.6) is 0 Å². The van der Waals surface area contributed by atoms with E-state index in [1.807, 2.05) is 30.6 Å². The third-order valence-corrected chi connectivity index (χ3v) is 7.50. The predicted octanol–water partition coefficient (Wildman–Crippen LogP) is 3.46. The van der Waals surface area contributed by atoms with Gasteiger partial charge in [-0.25, -0.2) is 4.98 Å². The van der Waals surface area contributed by atoms with Crippen molar-refractivity contribution in [2.24, 2.45) is 0 Å². The molecule has 2 aliphatic heterocycles. The second kappa shape index (κ2) is 10.9. The lowest BCUT2D eigenvalue weighted by atomic mass is 10.0. The van der Waals surface area contributed by atoms with Gasteiger partial charge in [0.15, 0.2) is 5.69 Å². The summed E-state index contributed by atoms with van der Waals surface area (Å²) in [5, 5.41) is 20.5. The van der Waals surface area contributed by atoms with E-state index in [1.165, 1.54) is 6.20 Å². The summed E-state index contributed by atoms with van der Waals surface area (Å²) < 4.78 is 0. The number of aliphatic hydroxyl groups excluding tert-OH is 1. The number of rotatable bonds is 6. The predicted molar refractivity (Wildman–Crippen MR) is 147 cm³/mol. The number of aromatic amines is 1. The van der Waals surface area contributed by atoms with Crippen molar-refractivity contribution in [3.63, 3.8) is 0 Å². The van der Waals surface area contributed by atoms with Crippen LogP contribution in [0.25, 0.3) is 22.0 Å². The summed E-state index contributed by atoms with van der Waals surface area (Å²) in [4.78, 5) is 38.5. The number of aliphatic hydroxyl groups is 1. The lowest BCUT2D eigenvalue weighted by Crippen LogP contribution is -2.35. The van der Waals surface area contributed by atoms with Gasteiger partial charge in [0, 0.05) is 56.1 Å². The number of carbonyl (C=O) groups is 2. The van der Waals surface area contributed by atoms with Crippen LogP contribution in [0.2, 0.25) is 0 Å². The highest BCUT2D eigenvalue weighted by molar-refractivity contribution is 6.11. The van der Waals surface area contributed by atoms with Crippen LogP contribution in [-0.4, -0.2) is 79.2 Å². The number of anilines is 1. The van der Waals surface area contributed by atoms with Gasteiger partial charge in [-0.05, 0) is 67.1 Å². The Morgan fingerprint density at radius 3 is 2.56 bits per heavy atom. The molecule has 0 unspecified atom stereocenters. The fourth-order valence-corrected chi connectivity index (χ4v) is 5.30. The molecule has 3 N–H and O–H groups in total. The monoisotopic (exact) mass is 525 g/mol. The molecule has 0 aliphatic carbocycles. The lowest BCUT2D eigenvalue weighted by molar-refractivity contribution is 0.0785. The van der Waals surface area contributed by atoms with E-state index in [0.29, 0.717) is 16.8 Å². The number of benzene rings is 1. The van der Waals surface area contributed by atoms with Crippen LogP contribution in [0.1, 0.15) is 52.2 Å². The molecule has 4 aromatic rings. The quantitative estimate of drug-likeness (QED) is 0.352. The number of pyridine rings is 2. The summed E-state index contributed by atoms with van der Waals surface area (Å²) >= 11 is 0. The third-order valence-electron chi connectivity index (χ3n) is 7.50. The highest BCUT2D eigenvalue weighted by Gasteiger charge is 2.21. The van der Waals surface area contributed by atoms with Crippen LogP contribution in [0.15, 0.2) is 55.0 Å². The molecule has 6 rings (SSSR count). The van der Waals surface area contributed by atoms with E-state index >= 15 is 0 Å². The number of hydrogen-bond acceptors (Lipinski definition) is 7. The van der Waals surface area contributed by atoms with Crippen molar-refractivity contribution >= 4 is 28.4 Å². The minimum absolute atomic E-state index is 0.0792.